The third-order valence-electron chi connectivity index (χ3n) is 4.03. The number of hydrogen-bond donors (Lipinski definition) is 1. The highest BCUT2D eigenvalue weighted by atomic mass is 16.5. The molecule has 3 aromatic carbocycles. The first-order valence-electron chi connectivity index (χ1n) is 8.97. The molecule has 0 saturated heterocycles. The molecule has 0 fully saturated rings. The summed E-state index contributed by atoms with van der Waals surface area (Å²) in [5, 5.41) is 2.90. The van der Waals surface area contributed by atoms with Crippen LogP contribution in [-0.4, -0.2) is 12.5 Å². The van der Waals surface area contributed by atoms with Crippen molar-refractivity contribution in [1.82, 2.24) is 0 Å². The van der Waals surface area contributed by atoms with E-state index < -0.39 is 0 Å². The molecule has 138 valence electrons. The fraction of sp³-hybridized carbons (Fsp3) is 0.174. The summed E-state index contributed by atoms with van der Waals surface area (Å²) in [6, 6.07) is 22.7. The summed E-state index contributed by atoms with van der Waals surface area (Å²) >= 11 is 0. The van der Waals surface area contributed by atoms with Gasteiger partial charge >= 0.3 is 0 Å². The second-order valence-corrected chi connectivity index (χ2v) is 6.19. The summed E-state index contributed by atoms with van der Waals surface area (Å²) in [7, 11) is 0. The van der Waals surface area contributed by atoms with Gasteiger partial charge in [0.25, 0.3) is 5.91 Å². The number of amides is 1. The van der Waals surface area contributed by atoms with Crippen molar-refractivity contribution < 1.29 is 14.3 Å². The molecule has 0 spiro atoms. The summed E-state index contributed by atoms with van der Waals surface area (Å²) in [6.45, 7) is 5.00. The van der Waals surface area contributed by atoms with E-state index in [2.05, 4.69) is 11.4 Å². The van der Waals surface area contributed by atoms with Crippen molar-refractivity contribution >= 4 is 11.6 Å². The molecular weight excluding hydrogens is 338 g/mol. The van der Waals surface area contributed by atoms with E-state index in [0.29, 0.717) is 30.2 Å². The molecule has 3 rings (SSSR count). The molecule has 4 heteroatoms. The van der Waals surface area contributed by atoms with Crippen LogP contribution in [0, 0.1) is 6.92 Å². The summed E-state index contributed by atoms with van der Waals surface area (Å²) in [5.41, 5.74) is 3.45. The van der Waals surface area contributed by atoms with Crippen LogP contribution >= 0.6 is 0 Å². The lowest BCUT2D eigenvalue weighted by atomic mass is 10.1. The predicted octanol–water partition coefficient (Wildman–Crippen LogP) is 5.23. The molecule has 1 N–H and O–H groups in total. The molecule has 0 bridgehead atoms. The van der Waals surface area contributed by atoms with E-state index in [1.165, 1.54) is 5.56 Å². The summed E-state index contributed by atoms with van der Waals surface area (Å²) in [5.74, 6) is 1.12. The number of rotatable bonds is 7. The van der Waals surface area contributed by atoms with Gasteiger partial charge in [0.15, 0.2) is 0 Å². The summed E-state index contributed by atoms with van der Waals surface area (Å²) in [6.07, 6.45) is 0. The van der Waals surface area contributed by atoms with Gasteiger partial charge in [0.1, 0.15) is 18.1 Å². The van der Waals surface area contributed by atoms with Crippen LogP contribution in [0.2, 0.25) is 0 Å². The number of carbonyl (C=O) groups is 1. The minimum atomic E-state index is -0.209. The monoisotopic (exact) mass is 361 g/mol. The van der Waals surface area contributed by atoms with Gasteiger partial charge in [-0.2, -0.15) is 0 Å². The van der Waals surface area contributed by atoms with Gasteiger partial charge in [-0.05, 0) is 55.8 Å². The smallest absolute Gasteiger partial charge is 0.259 e. The number of aryl methyl sites for hydroxylation is 1. The third kappa shape index (κ3) is 5.11. The molecular formula is C23H23NO3. The molecule has 0 radical (unpaired) electrons. The summed E-state index contributed by atoms with van der Waals surface area (Å²) < 4.78 is 11.3. The Hall–Kier alpha value is -3.27. The van der Waals surface area contributed by atoms with Gasteiger partial charge in [0.05, 0.1) is 12.2 Å². The van der Waals surface area contributed by atoms with Crippen molar-refractivity contribution in [3.8, 4) is 11.5 Å². The number of benzene rings is 3. The van der Waals surface area contributed by atoms with Crippen molar-refractivity contribution in [1.29, 1.82) is 0 Å². The topological polar surface area (TPSA) is 47.6 Å². The molecule has 0 unspecified atom stereocenters. The SMILES string of the molecule is CCOc1ccc(NC(=O)c2ccccc2OCc2cccc(C)c2)cc1. The highest BCUT2D eigenvalue weighted by Crippen LogP contribution is 2.22. The second-order valence-electron chi connectivity index (χ2n) is 6.19. The van der Waals surface area contributed by atoms with Gasteiger partial charge in [-0.25, -0.2) is 0 Å². The molecule has 0 aromatic heterocycles. The Labute approximate surface area is 159 Å². The van der Waals surface area contributed by atoms with E-state index in [1.54, 1.807) is 6.07 Å². The van der Waals surface area contributed by atoms with E-state index in [9.17, 15) is 4.79 Å². The standard InChI is InChI=1S/C23H23NO3/c1-3-26-20-13-11-19(12-14-20)24-23(25)21-9-4-5-10-22(21)27-16-18-8-6-7-17(2)15-18/h4-15H,3,16H2,1-2H3,(H,24,25). The highest BCUT2D eigenvalue weighted by molar-refractivity contribution is 6.06. The van der Waals surface area contributed by atoms with E-state index in [-0.39, 0.29) is 5.91 Å². The van der Waals surface area contributed by atoms with Gasteiger partial charge in [-0.15, -0.1) is 0 Å². The maximum atomic E-state index is 12.7. The van der Waals surface area contributed by atoms with E-state index in [1.807, 2.05) is 74.5 Å². The van der Waals surface area contributed by atoms with Crippen molar-refractivity contribution in [2.75, 3.05) is 11.9 Å². The molecule has 0 aliphatic heterocycles. The number of hydrogen-bond acceptors (Lipinski definition) is 3. The van der Waals surface area contributed by atoms with Crippen LogP contribution in [0.5, 0.6) is 11.5 Å². The fourth-order valence-electron chi connectivity index (χ4n) is 2.74. The zero-order chi connectivity index (χ0) is 19.1. The first-order valence-corrected chi connectivity index (χ1v) is 8.97. The molecule has 0 saturated carbocycles. The Balaban J connectivity index is 1.69. The molecule has 1 amide bonds. The van der Waals surface area contributed by atoms with E-state index in [0.717, 1.165) is 11.3 Å². The van der Waals surface area contributed by atoms with Crippen LogP contribution in [0.1, 0.15) is 28.4 Å². The first kappa shape index (κ1) is 18.5. The third-order valence-corrected chi connectivity index (χ3v) is 4.03. The minimum Gasteiger partial charge on any atom is -0.494 e. The van der Waals surface area contributed by atoms with E-state index >= 15 is 0 Å². The molecule has 0 atom stereocenters. The van der Waals surface area contributed by atoms with Crippen LogP contribution in [0.3, 0.4) is 0 Å². The average Bonchev–Trinajstić information content (AvgIpc) is 2.68. The maximum Gasteiger partial charge on any atom is 0.259 e. The van der Waals surface area contributed by atoms with Crippen LogP contribution in [0.25, 0.3) is 0 Å². The van der Waals surface area contributed by atoms with Crippen LogP contribution in [-0.2, 0) is 6.61 Å². The Morgan fingerprint density at radius 2 is 1.70 bits per heavy atom. The number of para-hydroxylation sites is 1. The quantitative estimate of drug-likeness (QED) is 0.627. The van der Waals surface area contributed by atoms with Gasteiger partial charge in [0.2, 0.25) is 0 Å². The van der Waals surface area contributed by atoms with Crippen LogP contribution < -0.4 is 14.8 Å². The molecule has 4 nitrogen and oxygen atoms in total. The molecule has 3 aromatic rings. The largest absolute Gasteiger partial charge is 0.494 e. The lowest BCUT2D eigenvalue weighted by molar-refractivity contribution is 0.102. The van der Waals surface area contributed by atoms with Crippen molar-refractivity contribution in [2.24, 2.45) is 0 Å². The predicted molar refractivity (Wildman–Crippen MR) is 108 cm³/mol. The molecule has 0 aliphatic carbocycles. The Kier molecular flexibility index (Phi) is 6.10. The van der Waals surface area contributed by atoms with Gasteiger partial charge in [-0.3, -0.25) is 4.79 Å². The summed E-state index contributed by atoms with van der Waals surface area (Å²) in [4.78, 5) is 12.7. The maximum absolute atomic E-state index is 12.7. The molecule has 0 heterocycles. The zero-order valence-corrected chi connectivity index (χ0v) is 15.6. The van der Waals surface area contributed by atoms with Crippen molar-refractivity contribution in [2.45, 2.75) is 20.5 Å². The van der Waals surface area contributed by atoms with Gasteiger partial charge in [-0.1, -0.05) is 42.0 Å². The van der Waals surface area contributed by atoms with Crippen LogP contribution in [0.4, 0.5) is 5.69 Å². The number of ether oxygens (including phenoxy) is 2. The van der Waals surface area contributed by atoms with Gasteiger partial charge in [0, 0.05) is 5.69 Å². The number of anilines is 1. The molecule has 0 aliphatic rings. The first-order chi connectivity index (χ1) is 13.2. The fourth-order valence-corrected chi connectivity index (χ4v) is 2.74. The minimum absolute atomic E-state index is 0.209. The Bertz CT molecular complexity index is 904. The second kappa shape index (κ2) is 8.90. The lowest BCUT2D eigenvalue weighted by Gasteiger charge is -2.12. The van der Waals surface area contributed by atoms with Gasteiger partial charge < -0.3 is 14.8 Å². The van der Waals surface area contributed by atoms with Crippen LogP contribution in [0.15, 0.2) is 72.8 Å². The number of carbonyl (C=O) groups excluding carboxylic acids is 1. The normalized spacial score (nSPS) is 10.3. The van der Waals surface area contributed by atoms with E-state index in [4.69, 9.17) is 9.47 Å². The molecule has 27 heavy (non-hydrogen) atoms. The Morgan fingerprint density at radius 3 is 2.44 bits per heavy atom. The highest BCUT2D eigenvalue weighted by Gasteiger charge is 2.12. The van der Waals surface area contributed by atoms with Crippen molar-refractivity contribution in [3.05, 3.63) is 89.5 Å². The van der Waals surface area contributed by atoms with Crippen molar-refractivity contribution in [3.63, 3.8) is 0 Å². The Morgan fingerprint density at radius 1 is 0.926 bits per heavy atom. The number of nitrogens with one attached hydrogen (secondary N) is 1. The average molecular weight is 361 g/mol. The zero-order valence-electron chi connectivity index (χ0n) is 15.6. The lowest BCUT2D eigenvalue weighted by Crippen LogP contribution is -2.13.